The first-order valence-corrected chi connectivity index (χ1v) is 10.1. The highest BCUT2D eigenvalue weighted by atomic mass is 16.2. The van der Waals surface area contributed by atoms with Gasteiger partial charge in [0, 0.05) is 69.6 Å². The second-order valence-corrected chi connectivity index (χ2v) is 7.43. The maximum absolute atomic E-state index is 12.3. The molecule has 8 nitrogen and oxygen atoms in total. The Balaban J connectivity index is 1.32. The van der Waals surface area contributed by atoms with Gasteiger partial charge in [0.15, 0.2) is 0 Å². The molecule has 2 aliphatic heterocycles. The lowest BCUT2D eigenvalue weighted by molar-refractivity contribution is -0.121. The van der Waals surface area contributed by atoms with Gasteiger partial charge in [-0.3, -0.25) is 9.59 Å². The molecule has 2 aromatic rings. The number of piperazine rings is 1. The van der Waals surface area contributed by atoms with Crippen LogP contribution in [0.3, 0.4) is 0 Å². The summed E-state index contributed by atoms with van der Waals surface area (Å²) in [7, 11) is 0. The minimum Gasteiger partial charge on any atom is -0.353 e. The van der Waals surface area contributed by atoms with E-state index in [2.05, 4.69) is 30.4 Å². The fourth-order valence-electron chi connectivity index (χ4n) is 3.86. The van der Waals surface area contributed by atoms with E-state index in [4.69, 9.17) is 0 Å². The number of anilines is 2. The summed E-state index contributed by atoms with van der Waals surface area (Å²) >= 11 is 0. The highest BCUT2D eigenvalue weighted by molar-refractivity contribution is 5.81. The van der Waals surface area contributed by atoms with Crippen molar-refractivity contribution < 1.29 is 9.59 Å². The Hall–Kier alpha value is -3.16. The third kappa shape index (κ3) is 4.82. The normalized spacial score (nSPS) is 19.2. The first-order chi connectivity index (χ1) is 14.2. The molecule has 0 unspecified atom stereocenters. The van der Waals surface area contributed by atoms with E-state index in [1.54, 1.807) is 6.20 Å². The van der Waals surface area contributed by atoms with Crippen molar-refractivity contribution in [3.05, 3.63) is 48.3 Å². The summed E-state index contributed by atoms with van der Waals surface area (Å²) in [6.07, 6.45) is 5.17. The van der Waals surface area contributed by atoms with Gasteiger partial charge in [0.1, 0.15) is 11.6 Å². The van der Waals surface area contributed by atoms with Crippen molar-refractivity contribution in [1.29, 1.82) is 0 Å². The number of hydrogen-bond donors (Lipinski definition) is 2. The molecule has 2 aromatic heterocycles. The Morgan fingerprint density at radius 3 is 2.59 bits per heavy atom. The summed E-state index contributed by atoms with van der Waals surface area (Å²) < 4.78 is 0. The Morgan fingerprint density at radius 1 is 1.07 bits per heavy atom. The Labute approximate surface area is 170 Å². The molecule has 0 saturated carbocycles. The molecule has 8 heteroatoms. The minimum atomic E-state index is -0.0491. The number of pyridine rings is 2. The Bertz CT molecular complexity index is 851. The van der Waals surface area contributed by atoms with Crippen LogP contribution < -0.4 is 20.4 Å². The van der Waals surface area contributed by atoms with Crippen LogP contribution in [0, 0.1) is 0 Å². The molecule has 2 aliphatic rings. The summed E-state index contributed by atoms with van der Waals surface area (Å²) in [6, 6.07) is 9.82. The maximum Gasteiger partial charge on any atom is 0.222 e. The quantitative estimate of drug-likeness (QED) is 0.762. The summed E-state index contributed by atoms with van der Waals surface area (Å²) in [5.41, 5.74) is 1.00. The number of hydrogen-bond acceptors (Lipinski definition) is 6. The standard InChI is InChI=1S/C21H26N6O2/c28-19-7-6-17(25-19)14-20(29)24-15-16-4-3-9-23-21(16)27-12-10-26(11-13-27)18-5-1-2-8-22-18/h1-5,8-9,17H,6-7,10-15H2,(H,24,29)(H,25,28)/t17-/m0/s1. The Morgan fingerprint density at radius 2 is 1.86 bits per heavy atom. The molecule has 1 atom stereocenters. The van der Waals surface area contributed by atoms with Crippen molar-refractivity contribution in [2.24, 2.45) is 0 Å². The van der Waals surface area contributed by atoms with Crippen molar-refractivity contribution in [2.75, 3.05) is 36.0 Å². The average molecular weight is 394 g/mol. The van der Waals surface area contributed by atoms with Gasteiger partial charge in [0.05, 0.1) is 0 Å². The molecule has 0 aliphatic carbocycles. The molecule has 0 spiro atoms. The van der Waals surface area contributed by atoms with Crippen molar-refractivity contribution in [3.63, 3.8) is 0 Å². The van der Waals surface area contributed by atoms with Gasteiger partial charge in [0.2, 0.25) is 11.8 Å². The molecule has 2 fully saturated rings. The SMILES string of the molecule is O=C(C[C@@H]1CCC(=O)N1)NCc1cccnc1N1CCN(c2ccccn2)CC1. The second kappa shape index (κ2) is 8.89. The zero-order valence-electron chi connectivity index (χ0n) is 16.4. The van der Waals surface area contributed by atoms with Crippen LogP contribution in [0.25, 0.3) is 0 Å². The fourth-order valence-corrected chi connectivity index (χ4v) is 3.86. The number of amides is 2. The number of carbonyl (C=O) groups excluding carboxylic acids is 2. The van der Waals surface area contributed by atoms with Crippen LogP contribution in [-0.4, -0.2) is 54.0 Å². The zero-order chi connectivity index (χ0) is 20.1. The molecular weight excluding hydrogens is 368 g/mol. The Kier molecular flexibility index (Phi) is 5.88. The number of carbonyl (C=O) groups is 2. The van der Waals surface area contributed by atoms with Gasteiger partial charge in [0.25, 0.3) is 0 Å². The number of nitrogens with zero attached hydrogens (tertiary/aromatic N) is 4. The molecular formula is C21H26N6O2. The fraction of sp³-hybridized carbons (Fsp3) is 0.429. The highest BCUT2D eigenvalue weighted by Crippen LogP contribution is 2.21. The van der Waals surface area contributed by atoms with Gasteiger partial charge in [-0.1, -0.05) is 12.1 Å². The van der Waals surface area contributed by atoms with E-state index in [1.165, 1.54) is 0 Å². The highest BCUT2D eigenvalue weighted by Gasteiger charge is 2.24. The monoisotopic (exact) mass is 394 g/mol. The summed E-state index contributed by atoms with van der Waals surface area (Å²) in [5, 5.41) is 5.81. The lowest BCUT2D eigenvalue weighted by atomic mass is 10.1. The van der Waals surface area contributed by atoms with Crippen molar-refractivity contribution in [1.82, 2.24) is 20.6 Å². The maximum atomic E-state index is 12.3. The van der Waals surface area contributed by atoms with Gasteiger partial charge >= 0.3 is 0 Å². The number of aromatic nitrogens is 2. The minimum absolute atomic E-state index is 0.0298. The summed E-state index contributed by atoms with van der Waals surface area (Å²) in [6.45, 7) is 3.88. The first-order valence-electron chi connectivity index (χ1n) is 10.1. The predicted molar refractivity (Wildman–Crippen MR) is 111 cm³/mol. The van der Waals surface area contributed by atoms with Crippen LogP contribution in [0.1, 0.15) is 24.8 Å². The van der Waals surface area contributed by atoms with Crippen LogP contribution in [0.4, 0.5) is 11.6 Å². The molecule has 0 bridgehead atoms. The van der Waals surface area contributed by atoms with Crippen molar-refractivity contribution >= 4 is 23.5 Å². The van der Waals surface area contributed by atoms with Crippen LogP contribution in [-0.2, 0) is 16.1 Å². The second-order valence-electron chi connectivity index (χ2n) is 7.43. The molecule has 4 rings (SSSR count). The number of nitrogens with one attached hydrogen (secondary N) is 2. The molecule has 0 radical (unpaired) electrons. The molecule has 2 saturated heterocycles. The van der Waals surface area contributed by atoms with E-state index in [0.717, 1.165) is 49.8 Å². The van der Waals surface area contributed by atoms with Crippen LogP contribution in [0.2, 0.25) is 0 Å². The molecule has 152 valence electrons. The summed E-state index contributed by atoms with van der Waals surface area (Å²) in [4.78, 5) is 37.1. The van der Waals surface area contributed by atoms with Crippen LogP contribution >= 0.6 is 0 Å². The van der Waals surface area contributed by atoms with Crippen LogP contribution in [0.5, 0.6) is 0 Å². The van der Waals surface area contributed by atoms with E-state index in [1.807, 2.05) is 36.5 Å². The summed E-state index contributed by atoms with van der Waals surface area (Å²) in [5.74, 6) is 1.90. The third-order valence-corrected chi connectivity index (χ3v) is 5.41. The molecule has 2 amide bonds. The van der Waals surface area contributed by atoms with Gasteiger partial charge < -0.3 is 20.4 Å². The van der Waals surface area contributed by atoms with Crippen LogP contribution in [0.15, 0.2) is 42.7 Å². The predicted octanol–water partition coefficient (Wildman–Crippen LogP) is 1.09. The van der Waals surface area contributed by atoms with Crippen molar-refractivity contribution in [2.45, 2.75) is 31.8 Å². The van der Waals surface area contributed by atoms with E-state index in [0.29, 0.717) is 19.4 Å². The zero-order valence-corrected chi connectivity index (χ0v) is 16.4. The van der Waals surface area contributed by atoms with Gasteiger partial charge in [-0.2, -0.15) is 0 Å². The van der Waals surface area contributed by atoms with Gasteiger partial charge in [-0.25, -0.2) is 9.97 Å². The first kappa shape index (κ1) is 19.2. The van der Waals surface area contributed by atoms with E-state index in [9.17, 15) is 9.59 Å². The molecule has 29 heavy (non-hydrogen) atoms. The smallest absolute Gasteiger partial charge is 0.222 e. The van der Waals surface area contributed by atoms with E-state index < -0.39 is 0 Å². The van der Waals surface area contributed by atoms with Gasteiger partial charge in [-0.05, 0) is 24.6 Å². The molecule has 4 heterocycles. The molecule has 0 aromatic carbocycles. The number of rotatable bonds is 6. The topological polar surface area (TPSA) is 90.5 Å². The van der Waals surface area contributed by atoms with Gasteiger partial charge in [-0.15, -0.1) is 0 Å². The van der Waals surface area contributed by atoms with Crippen molar-refractivity contribution in [3.8, 4) is 0 Å². The van der Waals surface area contributed by atoms with E-state index in [-0.39, 0.29) is 17.9 Å². The lowest BCUT2D eigenvalue weighted by Gasteiger charge is -2.36. The third-order valence-electron chi connectivity index (χ3n) is 5.41. The van der Waals surface area contributed by atoms with E-state index >= 15 is 0 Å². The molecule has 2 N–H and O–H groups in total. The lowest BCUT2D eigenvalue weighted by Crippen LogP contribution is -2.47. The average Bonchev–Trinajstić information content (AvgIpc) is 3.17. The largest absolute Gasteiger partial charge is 0.353 e.